The van der Waals surface area contributed by atoms with Gasteiger partial charge in [0.15, 0.2) is 6.23 Å². The summed E-state index contributed by atoms with van der Waals surface area (Å²) in [5.41, 5.74) is -2.47. The van der Waals surface area contributed by atoms with Gasteiger partial charge < -0.3 is 24.8 Å². The second-order valence-electron chi connectivity index (χ2n) is 9.75. The molecule has 2 aromatic rings. The fourth-order valence-corrected chi connectivity index (χ4v) is 6.09. The van der Waals surface area contributed by atoms with Crippen LogP contribution in [-0.4, -0.2) is 84.8 Å². The van der Waals surface area contributed by atoms with Crippen molar-refractivity contribution < 1.29 is 42.9 Å². The lowest BCUT2D eigenvalue weighted by Gasteiger charge is -2.24. The molecule has 0 aromatic carbocycles. The lowest BCUT2D eigenvalue weighted by atomic mass is 10.1. The van der Waals surface area contributed by atoms with Crippen LogP contribution in [0.2, 0.25) is 0 Å². The second kappa shape index (κ2) is 11.7. The van der Waals surface area contributed by atoms with Crippen LogP contribution in [0.25, 0.3) is 0 Å². The first-order valence-corrected chi connectivity index (χ1v) is 14.1. The Bertz CT molecular complexity index is 1600. The van der Waals surface area contributed by atoms with E-state index in [2.05, 4.69) is 9.97 Å². The van der Waals surface area contributed by atoms with Gasteiger partial charge in [-0.05, 0) is 13.3 Å². The highest BCUT2D eigenvalue weighted by atomic mass is 31.2. The van der Waals surface area contributed by atoms with Crippen LogP contribution in [0.1, 0.15) is 30.0 Å². The highest BCUT2D eigenvalue weighted by Crippen LogP contribution is 2.53. The number of nitrogens with zero attached hydrogens (tertiary/aromatic N) is 2. The number of hydrogen-bond acceptors (Lipinski definition) is 13. The zero-order valence-electron chi connectivity index (χ0n) is 21.7. The molecule has 0 radical (unpaired) electrons. The standard InChI is InChI=1S/C23H29N4O13P/c1-11-7-26(22(33)24-19(11)31)16-6-13(14(9-28)38-16)40-41(35)36-5-3-2-4-12-8-27(23(34)25-20(12)32)21-18(30)17(29)15(39-21)10-37-41/h2-3,7-8,13-18,21,28-30H,4-6,9-10H2,1H3,(H,24,31,33)(H,25,32,34)/b3-2+/t13-,14+,15+,16+,17+,18+,21+,41?/m0/s1. The topological polar surface area (TPSA) is 234 Å². The van der Waals surface area contributed by atoms with Crippen LogP contribution in [-0.2, 0) is 34.0 Å². The Morgan fingerprint density at radius 1 is 1.00 bits per heavy atom. The van der Waals surface area contributed by atoms with Gasteiger partial charge in [-0.3, -0.25) is 42.3 Å². The summed E-state index contributed by atoms with van der Waals surface area (Å²) >= 11 is 0. The molecule has 0 saturated carbocycles. The molecule has 4 bridgehead atoms. The molecule has 0 aliphatic carbocycles. The number of fused-ring (bicyclic) bond motifs is 5. The number of allylic oxidation sites excluding steroid dienone is 1. The summed E-state index contributed by atoms with van der Waals surface area (Å²) in [5.74, 6) is 0. The molecule has 8 atom stereocenters. The molecular weight excluding hydrogens is 571 g/mol. The number of aromatic nitrogens is 4. The maximum absolute atomic E-state index is 13.7. The van der Waals surface area contributed by atoms with Gasteiger partial charge in [0.1, 0.15) is 36.7 Å². The Morgan fingerprint density at radius 2 is 1.73 bits per heavy atom. The summed E-state index contributed by atoms with van der Waals surface area (Å²) in [6.07, 6.45) is -3.65. The van der Waals surface area contributed by atoms with E-state index in [1.165, 1.54) is 31.5 Å². The molecule has 17 nitrogen and oxygen atoms in total. The van der Waals surface area contributed by atoms with Gasteiger partial charge in [-0.2, -0.15) is 0 Å². The third-order valence-corrected chi connectivity index (χ3v) is 8.42. The maximum Gasteiger partial charge on any atom is 0.475 e. The van der Waals surface area contributed by atoms with Crippen molar-refractivity contribution in [1.82, 2.24) is 19.1 Å². The predicted molar refractivity (Wildman–Crippen MR) is 136 cm³/mol. The molecule has 2 aromatic heterocycles. The Morgan fingerprint density at radius 3 is 2.49 bits per heavy atom. The highest BCUT2D eigenvalue weighted by Gasteiger charge is 2.47. The minimum absolute atomic E-state index is 0.0256. The number of H-pyrrole nitrogens is 2. The quantitative estimate of drug-likeness (QED) is 0.188. The summed E-state index contributed by atoms with van der Waals surface area (Å²) in [7, 11) is -4.50. The van der Waals surface area contributed by atoms with Crippen molar-refractivity contribution in [2.75, 3.05) is 19.8 Å². The maximum atomic E-state index is 13.7. The van der Waals surface area contributed by atoms with Crippen LogP contribution in [0.4, 0.5) is 0 Å². The van der Waals surface area contributed by atoms with Crippen molar-refractivity contribution in [3.8, 4) is 0 Å². The average Bonchev–Trinajstić information content (AvgIpc) is 3.45. The minimum Gasteiger partial charge on any atom is -0.394 e. The van der Waals surface area contributed by atoms with Crippen LogP contribution >= 0.6 is 7.82 Å². The van der Waals surface area contributed by atoms with E-state index >= 15 is 0 Å². The van der Waals surface area contributed by atoms with E-state index < -0.39 is 86.5 Å². The highest BCUT2D eigenvalue weighted by molar-refractivity contribution is 7.48. The molecule has 2 fully saturated rings. The van der Waals surface area contributed by atoms with Crippen LogP contribution < -0.4 is 22.5 Å². The number of aliphatic hydroxyl groups excluding tert-OH is 3. The minimum atomic E-state index is -4.50. The van der Waals surface area contributed by atoms with E-state index in [1.807, 2.05) is 0 Å². The van der Waals surface area contributed by atoms with Gasteiger partial charge in [0.2, 0.25) is 0 Å². The van der Waals surface area contributed by atoms with Gasteiger partial charge >= 0.3 is 19.2 Å². The first-order valence-electron chi connectivity index (χ1n) is 12.7. The van der Waals surface area contributed by atoms with Gasteiger partial charge in [0.25, 0.3) is 11.1 Å². The van der Waals surface area contributed by atoms with E-state index in [9.17, 15) is 39.1 Å². The molecule has 18 heteroatoms. The molecule has 5 heterocycles. The van der Waals surface area contributed by atoms with Crippen molar-refractivity contribution in [2.45, 2.75) is 62.7 Å². The fourth-order valence-electron chi connectivity index (χ4n) is 4.75. The number of phosphoric ester groups is 1. The Balaban J connectivity index is 1.39. The molecule has 1 unspecified atom stereocenters. The van der Waals surface area contributed by atoms with Crippen molar-refractivity contribution >= 4 is 7.82 Å². The number of phosphoric acid groups is 1. The molecule has 5 rings (SSSR count). The number of aromatic amines is 2. The van der Waals surface area contributed by atoms with E-state index in [1.54, 1.807) is 0 Å². The number of aryl methyl sites for hydroxylation is 1. The fraction of sp³-hybridized carbons (Fsp3) is 0.565. The van der Waals surface area contributed by atoms with Gasteiger partial charge in [-0.1, -0.05) is 12.2 Å². The second-order valence-corrected chi connectivity index (χ2v) is 11.4. The third-order valence-electron chi connectivity index (χ3n) is 6.96. The Kier molecular flexibility index (Phi) is 8.43. The Labute approximate surface area is 230 Å². The van der Waals surface area contributed by atoms with Gasteiger partial charge in [0, 0.05) is 29.9 Å². The van der Waals surface area contributed by atoms with Gasteiger partial charge in [-0.15, -0.1) is 0 Å². The average molecular weight is 600 g/mol. The van der Waals surface area contributed by atoms with Crippen LogP contribution in [0.5, 0.6) is 0 Å². The van der Waals surface area contributed by atoms with Gasteiger partial charge in [0.05, 0.1) is 19.8 Å². The smallest absolute Gasteiger partial charge is 0.394 e. The van der Waals surface area contributed by atoms with Crippen molar-refractivity contribution in [1.29, 1.82) is 0 Å². The van der Waals surface area contributed by atoms with E-state index in [-0.39, 0.29) is 30.6 Å². The number of aliphatic hydroxyl groups is 3. The molecule has 0 spiro atoms. The summed E-state index contributed by atoms with van der Waals surface area (Å²) in [6, 6.07) is 0. The lowest BCUT2D eigenvalue weighted by molar-refractivity contribution is -0.0632. The molecule has 3 aliphatic heterocycles. The number of ether oxygens (including phenoxy) is 2. The van der Waals surface area contributed by atoms with Crippen molar-refractivity contribution in [3.05, 3.63) is 77.3 Å². The lowest BCUT2D eigenvalue weighted by Crippen LogP contribution is -2.38. The van der Waals surface area contributed by atoms with E-state index in [0.29, 0.717) is 0 Å². The first kappa shape index (κ1) is 29.5. The number of rotatable bonds is 4. The first-order chi connectivity index (χ1) is 19.5. The molecule has 3 aliphatic rings. The molecule has 0 amide bonds. The van der Waals surface area contributed by atoms with Crippen molar-refractivity contribution in [2.24, 2.45) is 0 Å². The van der Waals surface area contributed by atoms with Crippen LogP contribution in [0.3, 0.4) is 0 Å². The number of nitrogens with one attached hydrogen (secondary N) is 2. The third kappa shape index (κ3) is 5.99. The van der Waals surface area contributed by atoms with E-state index in [4.69, 9.17) is 23.0 Å². The molecule has 2 saturated heterocycles. The van der Waals surface area contributed by atoms with Crippen molar-refractivity contribution in [3.63, 3.8) is 0 Å². The number of hydrogen-bond donors (Lipinski definition) is 5. The van der Waals surface area contributed by atoms with Gasteiger partial charge in [-0.25, -0.2) is 14.2 Å². The molecular formula is C23H29N4O13P. The summed E-state index contributed by atoms with van der Waals surface area (Å²) in [4.78, 5) is 53.0. The van der Waals surface area contributed by atoms with Crippen LogP contribution in [0, 0.1) is 6.92 Å². The predicted octanol–water partition coefficient (Wildman–Crippen LogP) is -2.07. The van der Waals surface area contributed by atoms with Crippen LogP contribution in [0.15, 0.2) is 43.7 Å². The largest absolute Gasteiger partial charge is 0.475 e. The monoisotopic (exact) mass is 600 g/mol. The SMILES string of the molecule is Cc1cn([C@H]2C[C@H](OP3(=O)OC/C=C/Cc4cn(c(=O)[nH]c4=O)[C@@H]4O[C@H](CO3)[C@@H](O)[C@H]4O)[C@@H](CO)O2)c(=O)[nH]c1=O. The normalized spacial score (nSPS) is 34.8. The molecule has 224 valence electrons. The molecule has 41 heavy (non-hydrogen) atoms. The zero-order valence-corrected chi connectivity index (χ0v) is 22.5. The summed E-state index contributed by atoms with van der Waals surface area (Å²) in [5, 5.41) is 31.0. The summed E-state index contributed by atoms with van der Waals surface area (Å²) < 4.78 is 43.7. The van der Waals surface area contributed by atoms with E-state index in [0.717, 1.165) is 9.13 Å². The summed E-state index contributed by atoms with van der Waals surface area (Å²) in [6.45, 7) is -0.0151. The zero-order chi connectivity index (χ0) is 29.5. The Hall–Kier alpha value is -2.99. The molecule has 5 N–H and O–H groups in total.